The molecule has 0 fully saturated rings. The van der Waals surface area contributed by atoms with Gasteiger partial charge in [0, 0.05) is 23.9 Å². The Bertz CT molecular complexity index is 1450. The highest BCUT2D eigenvalue weighted by Crippen LogP contribution is 2.27. The second kappa shape index (κ2) is 8.84. The van der Waals surface area contributed by atoms with Crippen LogP contribution in [-0.2, 0) is 6.54 Å². The summed E-state index contributed by atoms with van der Waals surface area (Å²) in [6.45, 7) is 4.88. The number of carbonyl (C=O) groups excluding carboxylic acids is 1. The zero-order valence-corrected chi connectivity index (χ0v) is 19.1. The molecule has 0 spiro atoms. The summed E-state index contributed by atoms with van der Waals surface area (Å²) in [5, 5.41) is 11.0. The molecule has 5 aromatic rings. The molecule has 2 aromatic carbocycles. The Kier molecular flexibility index (Phi) is 5.58. The van der Waals surface area contributed by atoms with Gasteiger partial charge in [-0.05, 0) is 55.6 Å². The van der Waals surface area contributed by atoms with Gasteiger partial charge >= 0.3 is 0 Å². The van der Waals surface area contributed by atoms with Crippen LogP contribution in [0.15, 0.2) is 77.3 Å². The summed E-state index contributed by atoms with van der Waals surface area (Å²) in [6.07, 6.45) is 3.54. The molecule has 3 heterocycles. The van der Waals surface area contributed by atoms with E-state index >= 15 is 0 Å². The van der Waals surface area contributed by atoms with Crippen LogP contribution >= 0.6 is 11.3 Å². The molecule has 8 heteroatoms. The van der Waals surface area contributed by atoms with Crippen molar-refractivity contribution in [2.24, 2.45) is 5.10 Å². The fourth-order valence-electron chi connectivity index (χ4n) is 3.82. The van der Waals surface area contributed by atoms with Crippen LogP contribution in [0.1, 0.15) is 28.7 Å². The smallest absolute Gasteiger partial charge is 0.271 e. The van der Waals surface area contributed by atoms with E-state index in [0.717, 1.165) is 45.2 Å². The highest BCUT2D eigenvalue weighted by Gasteiger charge is 2.13. The van der Waals surface area contributed by atoms with Gasteiger partial charge in [-0.2, -0.15) is 10.2 Å². The standard InChI is InChI=1S/C25H22N6OS/c1-3-30-17(2)27-21-14-18(11-12-22(21)30)25(32)28-26-15-19-16-31(20-8-5-4-6-9-20)29-24(19)23-10-7-13-33-23/h4-16H,3H2,1-2H3,(H,28,32). The number of aromatic nitrogens is 4. The average molecular weight is 455 g/mol. The average Bonchev–Trinajstić information content (AvgIpc) is 3.57. The first-order valence-electron chi connectivity index (χ1n) is 10.6. The third-order valence-corrected chi connectivity index (χ3v) is 6.28. The maximum absolute atomic E-state index is 12.7. The van der Waals surface area contributed by atoms with Gasteiger partial charge in [-0.1, -0.05) is 24.3 Å². The zero-order chi connectivity index (χ0) is 22.8. The number of rotatable bonds is 6. The number of hydrogen-bond donors (Lipinski definition) is 1. The van der Waals surface area contributed by atoms with Gasteiger partial charge in [0.25, 0.3) is 5.91 Å². The highest BCUT2D eigenvalue weighted by molar-refractivity contribution is 7.13. The number of nitrogens with one attached hydrogen (secondary N) is 1. The SMILES string of the molecule is CCn1c(C)nc2cc(C(=O)NN=Cc3cn(-c4ccccc4)nc3-c3cccs3)ccc21. The van der Waals surface area contributed by atoms with Crippen LogP contribution in [0.25, 0.3) is 27.3 Å². The molecule has 0 aliphatic rings. The molecule has 3 aromatic heterocycles. The molecule has 1 amide bonds. The molecule has 0 saturated carbocycles. The Morgan fingerprint density at radius 2 is 2.00 bits per heavy atom. The molecule has 0 unspecified atom stereocenters. The number of benzene rings is 2. The second-order valence-corrected chi connectivity index (χ2v) is 8.44. The van der Waals surface area contributed by atoms with Crippen LogP contribution in [0.2, 0.25) is 0 Å². The topological polar surface area (TPSA) is 77.1 Å². The van der Waals surface area contributed by atoms with E-state index in [-0.39, 0.29) is 5.91 Å². The molecule has 0 atom stereocenters. The third kappa shape index (κ3) is 4.08. The van der Waals surface area contributed by atoms with Gasteiger partial charge in [-0.25, -0.2) is 15.1 Å². The lowest BCUT2D eigenvalue weighted by molar-refractivity contribution is 0.0955. The maximum Gasteiger partial charge on any atom is 0.271 e. The number of thiophene rings is 1. The van der Waals surface area contributed by atoms with Crippen LogP contribution < -0.4 is 5.43 Å². The van der Waals surface area contributed by atoms with E-state index in [1.165, 1.54) is 0 Å². The number of carbonyl (C=O) groups is 1. The molecule has 164 valence electrons. The first-order valence-corrected chi connectivity index (χ1v) is 11.5. The molecular weight excluding hydrogens is 432 g/mol. The molecule has 5 rings (SSSR count). The minimum absolute atomic E-state index is 0.287. The maximum atomic E-state index is 12.7. The van der Waals surface area contributed by atoms with Gasteiger partial charge in [-0.3, -0.25) is 4.79 Å². The van der Waals surface area contributed by atoms with Gasteiger partial charge in [0.05, 0.1) is 27.8 Å². The van der Waals surface area contributed by atoms with Crippen molar-refractivity contribution in [2.45, 2.75) is 20.4 Å². The largest absolute Gasteiger partial charge is 0.329 e. The Labute approximate surface area is 195 Å². The van der Waals surface area contributed by atoms with Crippen LogP contribution in [0.3, 0.4) is 0 Å². The summed E-state index contributed by atoms with van der Waals surface area (Å²) in [5.74, 6) is 0.643. The van der Waals surface area contributed by atoms with Crippen molar-refractivity contribution < 1.29 is 4.79 Å². The number of hydrogen-bond acceptors (Lipinski definition) is 5. The summed E-state index contributed by atoms with van der Waals surface area (Å²) in [7, 11) is 0. The van der Waals surface area contributed by atoms with E-state index in [0.29, 0.717) is 5.56 Å². The van der Waals surface area contributed by atoms with Gasteiger partial charge in [0.1, 0.15) is 11.5 Å². The summed E-state index contributed by atoms with van der Waals surface area (Å²) in [5.41, 5.74) is 7.54. The third-order valence-electron chi connectivity index (χ3n) is 5.41. The Hall–Kier alpha value is -4.04. The van der Waals surface area contributed by atoms with Crippen LogP contribution in [0.4, 0.5) is 0 Å². The summed E-state index contributed by atoms with van der Waals surface area (Å²) in [6, 6.07) is 19.4. The van der Waals surface area contributed by atoms with Crippen LogP contribution in [0, 0.1) is 6.92 Å². The van der Waals surface area contributed by atoms with E-state index in [1.54, 1.807) is 29.7 Å². The van der Waals surface area contributed by atoms with E-state index in [4.69, 9.17) is 5.10 Å². The van der Waals surface area contributed by atoms with Crippen molar-refractivity contribution in [1.29, 1.82) is 0 Å². The molecule has 7 nitrogen and oxygen atoms in total. The number of amides is 1. The number of hydrazone groups is 1. The molecular formula is C25H22N6OS. The molecule has 33 heavy (non-hydrogen) atoms. The number of fused-ring (bicyclic) bond motifs is 1. The first-order chi connectivity index (χ1) is 16.1. The van der Waals surface area contributed by atoms with E-state index in [9.17, 15) is 4.79 Å². The van der Waals surface area contributed by atoms with Crippen molar-refractivity contribution in [1.82, 2.24) is 24.8 Å². The zero-order valence-electron chi connectivity index (χ0n) is 18.3. The quantitative estimate of drug-likeness (QED) is 0.288. The van der Waals surface area contributed by atoms with E-state index in [1.807, 2.05) is 71.7 Å². The predicted molar refractivity (Wildman–Crippen MR) is 132 cm³/mol. The molecule has 0 aliphatic carbocycles. The fraction of sp³-hybridized carbons (Fsp3) is 0.120. The van der Waals surface area contributed by atoms with Crippen molar-refractivity contribution >= 4 is 34.5 Å². The summed E-state index contributed by atoms with van der Waals surface area (Å²) in [4.78, 5) is 18.3. The number of para-hydroxylation sites is 1. The number of imidazole rings is 1. The Morgan fingerprint density at radius 1 is 1.15 bits per heavy atom. The van der Waals surface area contributed by atoms with Crippen molar-refractivity contribution in [2.75, 3.05) is 0 Å². The molecule has 1 N–H and O–H groups in total. The van der Waals surface area contributed by atoms with Crippen LogP contribution in [0.5, 0.6) is 0 Å². The summed E-state index contributed by atoms with van der Waals surface area (Å²) < 4.78 is 3.93. The minimum atomic E-state index is -0.287. The lowest BCUT2D eigenvalue weighted by Crippen LogP contribution is -2.17. The van der Waals surface area contributed by atoms with Gasteiger partial charge in [0.2, 0.25) is 0 Å². The Balaban J connectivity index is 1.39. The van der Waals surface area contributed by atoms with Crippen LogP contribution in [-0.4, -0.2) is 31.5 Å². The van der Waals surface area contributed by atoms with Crippen molar-refractivity contribution in [3.8, 4) is 16.3 Å². The minimum Gasteiger partial charge on any atom is -0.329 e. The Morgan fingerprint density at radius 3 is 2.76 bits per heavy atom. The monoisotopic (exact) mass is 454 g/mol. The number of nitrogens with zero attached hydrogens (tertiary/aromatic N) is 5. The second-order valence-electron chi connectivity index (χ2n) is 7.50. The molecule has 0 saturated heterocycles. The van der Waals surface area contributed by atoms with Gasteiger partial charge < -0.3 is 4.57 Å². The van der Waals surface area contributed by atoms with Gasteiger partial charge in [-0.15, -0.1) is 11.3 Å². The number of aryl methyl sites for hydroxylation is 2. The fourth-order valence-corrected chi connectivity index (χ4v) is 4.55. The lowest BCUT2D eigenvalue weighted by atomic mass is 10.2. The van der Waals surface area contributed by atoms with Crippen molar-refractivity contribution in [3.05, 3.63) is 89.2 Å². The lowest BCUT2D eigenvalue weighted by Gasteiger charge is -2.03. The van der Waals surface area contributed by atoms with E-state index in [2.05, 4.69) is 27.0 Å². The first kappa shape index (κ1) is 20.8. The normalized spacial score (nSPS) is 11.5. The summed E-state index contributed by atoms with van der Waals surface area (Å²) >= 11 is 1.61. The molecule has 0 radical (unpaired) electrons. The molecule has 0 aliphatic heterocycles. The molecule has 0 bridgehead atoms. The highest BCUT2D eigenvalue weighted by atomic mass is 32.1. The van der Waals surface area contributed by atoms with E-state index < -0.39 is 0 Å². The predicted octanol–water partition coefficient (Wildman–Crippen LogP) is 5.04. The van der Waals surface area contributed by atoms with Crippen molar-refractivity contribution in [3.63, 3.8) is 0 Å². The van der Waals surface area contributed by atoms with Gasteiger partial charge in [0.15, 0.2) is 0 Å².